The van der Waals surface area contributed by atoms with Gasteiger partial charge in [0.15, 0.2) is 0 Å². The van der Waals surface area contributed by atoms with Gasteiger partial charge in [0.25, 0.3) is 5.24 Å². The summed E-state index contributed by atoms with van der Waals surface area (Å²) in [7, 11) is 0. The van der Waals surface area contributed by atoms with Crippen LogP contribution in [0.25, 0.3) is 6.08 Å². The molecule has 0 aliphatic heterocycles. The van der Waals surface area contributed by atoms with Crippen LogP contribution in [0.4, 0.5) is 0 Å². The van der Waals surface area contributed by atoms with Crippen LogP contribution in [0.1, 0.15) is 27.9 Å². The summed E-state index contributed by atoms with van der Waals surface area (Å²) in [5, 5.41) is -0.372. The second-order valence-electron chi connectivity index (χ2n) is 3.09. The Morgan fingerprint density at radius 3 is 3.00 bits per heavy atom. The molecular weight excluding hydrogens is 184 g/mol. The molecule has 0 aromatic heterocycles. The molecule has 0 bridgehead atoms. The highest BCUT2D eigenvalue weighted by Gasteiger charge is 2.12. The van der Waals surface area contributed by atoms with Crippen molar-refractivity contribution in [1.29, 1.82) is 0 Å². The van der Waals surface area contributed by atoms with Crippen LogP contribution in [0, 0.1) is 0 Å². The van der Waals surface area contributed by atoms with E-state index >= 15 is 0 Å². The molecule has 0 heterocycles. The molecule has 1 aromatic carbocycles. The Morgan fingerprint density at radius 2 is 2.23 bits per heavy atom. The lowest BCUT2D eigenvalue weighted by atomic mass is 9.94. The maximum atomic E-state index is 11.0. The lowest BCUT2D eigenvalue weighted by Gasteiger charge is -2.12. The summed E-state index contributed by atoms with van der Waals surface area (Å²) in [6.07, 6.45) is 6.11. The van der Waals surface area contributed by atoms with Gasteiger partial charge in [-0.15, -0.1) is 0 Å². The molecule has 0 spiro atoms. The minimum Gasteiger partial charge on any atom is -0.276 e. The standard InChI is InChI=1S/C11H9ClO/c12-11(13)10-7-3-5-8-4-1-2-6-9(8)10/h2-3,5-7H,1,4H2. The molecule has 0 saturated carbocycles. The predicted molar refractivity (Wildman–Crippen MR) is 54.0 cm³/mol. The fraction of sp³-hybridized carbons (Fsp3) is 0.182. The minimum atomic E-state index is -0.372. The summed E-state index contributed by atoms with van der Waals surface area (Å²) in [4.78, 5) is 11.0. The Morgan fingerprint density at radius 1 is 1.38 bits per heavy atom. The highest BCUT2D eigenvalue weighted by atomic mass is 35.5. The van der Waals surface area contributed by atoms with Gasteiger partial charge in [-0.3, -0.25) is 4.79 Å². The summed E-state index contributed by atoms with van der Waals surface area (Å²) in [6.45, 7) is 0. The van der Waals surface area contributed by atoms with Gasteiger partial charge in [0.2, 0.25) is 0 Å². The van der Waals surface area contributed by atoms with Crippen LogP contribution < -0.4 is 0 Å². The highest BCUT2D eigenvalue weighted by molar-refractivity contribution is 6.68. The van der Waals surface area contributed by atoms with Gasteiger partial charge in [-0.25, -0.2) is 0 Å². The number of carbonyl (C=O) groups is 1. The van der Waals surface area contributed by atoms with E-state index in [-0.39, 0.29) is 5.24 Å². The summed E-state index contributed by atoms with van der Waals surface area (Å²) in [5.41, 5.74) is 2.83. The van der Waals surface area contributed by atoms with E-state index in [1.54, 1.807) is 6.07 Å². The number of carbonyl (C=O) groups excluding carboxylic acids is 1. The third-order valence-corrected chi connectivity index (χ3v) is 2.48. The van der Waals surface area contributed by atoms with Crippen LogP contribution in [0.3, 0.4) is 0 Å². The van der Waals surface area contributed by atoms with Crippen LogP contribution in [0.15, 0.2) is 24.3 Å². The molecule has 0 fully saturated rings. The number of halogens is 1. The molecule has 0 N–H and O–H groups in total. The molecule has 0 saturated heterocycles. The van der Waals surface area contributed by atoms with Crippen molar-refractivity contribution in [3.8, 4) is 0 Å². The summed E-state index contributed by atoms with van der Waals surface area (Å²) in [6, 6.07) is 5.69. The number of hydrogen-bond acceptors (Lipinski definition) is 1. The zero-order valence-corrected chi connectivity index (χ0v) is 7.84. The Balaban J connectivity index is 2.60. The second-order valence-corrected chi connectivity index (χ2v) is 3.44. The van der Waals surface area contributed by atoms with Crippen molar-refractivity contribution in [2.75, 3.05) is 0 Å². The number of rotatable bonds is 1. The van der Waals surface area contributed by atoms with Gasteiger partial charge in [0.05, 0.1) is 0 Å². The van der Waals surface area contributed by atoms with Crippen molar-refractivity contribution in [3.05, 3.63) is 41.0 Å². The number of hydrogen-bond donors (Lipinski definition) is 0. The molecule has 0 atom stereocenters. The van der Waals surface area contributed by atoms with E-state index in [4.69, 9.17) is 11.6 Å². The van der Waals surface area contributed by atoms with Gasteiger partial charge in [-0.2, -0.15) is 0 Å². The highest BCUT2D eigenvalue weighted by Crippen LogP contribution is 2.23. The number of fused-ring (bicyclic) bond motifs is 1. The Hall–Kier alpha value is -1.08. The van der Waals surface area contributed by atoms with Crippen LogP contribution in [0.2, 0.25) is 0 Å². The van der Waals surface area contributed by atoms with Gasteiger partial charge in [-0.1, -0.05) is 24.3 Å². The smallest absolute Gasteiger partial charge is 0.253 e. The van der Waals surface area contributed by atoms with Crippen molar-refractivity contribution < 1.29 is 4.79 Å². The predicted octanol–water partition coefficient (Wildman–Crippen LogP) is 3.03. The number of aryl methyl sites for hydroxylation is 1. The van der Waals surface area contributed by atoms with Crippen molar-refractivity contribution in [2.45, 2.75) is 12.8 Å². The molecule has 1 nitrogen and oxygen atoms in total. The molecule has 1 aromatic rings. The zero-order chi connectivity index (χ0) is 9.26. The van der Waals surface area contributed by atoms with E-state index < -0.39 is 0 Å². The van der Waals surface area contributed by atoms with Crippen molar-refractivity contribution in [1.82, 2.24) is 0 Å². The molecule has 1 aliphatic carbocycles. The molecule has 2 heteroatoms. The molecule has 13 heavy (non-hydrogen) atoms. The average molecular weight is 193 g/mol. The third kappa shape index (κ3) is 1.52. The largest absolute Gasteiger partial charge is 0.276 e. The van der Waals surface area contributed by atoms with Crippen LogP contribution in [-0.2, 0) is 6.42 Å². The molecule has 0 unspecified atom stereocenters. The van der Waals surface area contributed by atoms with Gasteiger partial charge in [0.1, 0.15) is 0 Å². The van der Waals surface area contributed by atoms with Crippen molar-refractivity contribution >= 4 is 22.9 Å². The Bertz CT molecular complexity index is 380. The third-order valence-electron chi connectivity index (χ3n) is 2.27. The summed E-state index contributed by atoms with van der Waals surface area (Å²) in [5.74, 6) is 0. The maximum absolute atomic E-state index is 11.0. The van der Waals surface area contributed by atoms with Crippen LogP contribution >= 0.6 is 11.6 Å². The van der Waals surface area contributed by atoms with E-state index in [1.165, 1.54) is 5.56 Å². The molecule has 66 valence electrons. The molecule has 0 radical (unpaired) electrons. The molecule has 1 aliphatic rings. The fourth-order valence-corrected chi connectivity index (χ4v) is 1.80. The van der Waals surface area contributed by atoms with E-state index in [9.17, 15) is 4.79 Å². The second kappa shape index (κ2) is 3.35. The van der Waals surface area contributed by atoms with Gasteiger partial charge < -0.3 is 0 Å². The number of benzene rings is 1. The first kappa shape index (κ1) is 8.52. The lowest BCUT2D eigenvalue weighted by Crippen LogP contribution is -2.01. The first-order valence-electron chi connectivity index (χ1n) is 4.27. The van der Waals surface area contributed by atoms with Crippen LogP contribution in [-0.4, -0.2) is 5.24 Å². The SMILES string of the molecule is O=C(Cl)c1cccc2c1C=CCC2. The maximum Gasteiger partial charge on any atom is 0.253 e. The van der Waals surface area contributed by atoms with Gasteiger partial charge in [0, 0.05) is 5.56 Å². The van der Waals surface area contributed by atoms with Gasteiger partial charge >= 0.3 is 0 Å². The molecule has 2 rings (SSSR count). The van der Waals surface area contributed by atoms with E-state index in [0.29, 0.717) is 5.56 Å². The topological polar surface area (TPSA) is 17.1 Å². The lowest BCUT2D eigenvalue weighted by molar-refractivity contribution is 0.108. The summed E-state index contributed by atoms with van der Waals surface area (Å²) >= 11 is 5.47. The van der Waals surface area contributed by atoms with E-state index in [0.717, 1.165) is 18.4 Å². The van der Waals surface area contributed by atoms with Crippen molar-refractivity contribution in [3.63, 3.8) is 0 Å². The minimum absolute atomic E-state index is 0.372. The first-order chi connectivity index (χ1) is 6.29. The van der Waals surface area contributed by atoms with Gasteiger partial charge in [-0.05, 0) is 41.6 Å². The first-order valence-corrected chi connectivity index (χ1v) is 4.65. The average Bonchev–Trinajstić information content (AvgIpc) is 2.17. The fourth-order valence-electron chi connectivity index (χ4n) is 1.64. The van der Waals surface area contributed by atoms with E-state index in [1.807, 2.05) is 18.2 Å². The zero-order valence-electron chi connectivity index (χ0n) is 7.09. The quantitative estimate of drug-likeness (QED) is 0.626. The van der Waals surface area contributed by atoms with Crippen molar-refractivity contribution in [2.24, 2.45) is 0 Å². The van der Waals surface area contributed by atoms with Crippen LogP contribution in [0.5, 0.6) is 0 Å². The Kier molecular flexibility index (Phi) is 2.19. The molecular formula is C11H9ClO. The van der Waals surface area contributed by atoms with E-state index in [2.05, 4.69) is 6.08 Å². The Labute approximate surface area is 82.0 Å². The monoisotopic (exact) mass is 192 g/mol. The molecule has 0 amide bonds. The normalized spacial score (nSPS) is 13.9. The summed E-state index contributed by atoms with van der Waals surface area (Å²) < 4.78 is 0. The number of allylic oxidation sites excluding steroid dienone is 1.